The number of nitrogens with zero attached hydrogens (tertiary/aromatic N) is 1. The molecule has 56 heavy (non-hydrogen) atoms. The van der Waals surface area contributed by atoms with Crippen molar-refractivity contribution in [2.45, 2.75) is 199 Å². The number of carbonyl (C=O) groups is 3. The molecule has 0 radical (unpaired) electrons. The molecule has 1 N–H and O–H groups in total. The maximum Gasteiger partial charge on any atom is 0.362 e. The number of allylic oxidation sites excluding steroid dienone is 8. The Bertz CT molecular complexity index is 1060. The zero-order chi connectivity index (χ0) is 41.4. The van der Waals surface area contributed by atoms with E-state index >= 15 is 0 Å². The molecule has 2 atom stereocenters. The van der Waals surface area contributed by atoms with Gasteiger partial charge in [-0.2, -0.15) is 0 Å². The van der Waals surface area contributed by atoms with E-state index in [0.717, 1.165) is 77.0 Å². The van der Waals surface area contributed by atoms with Gasteiger partial charge in [0.25, 0.3) is 0 Å². The summed E-state index contributed by atoms with van der Waals surface area (Å²) < 4.78 is 17.3. The van der Waals surface area contributed by atoms with Gasteiger partial charge in [0, 0.05) is 19.3 Å². The summed E-state index contributed by atoms with van der Waals surface area (Å²) in [5, 5.41) is 9.62. The minimum Gasteiger partial charge on any atom is -0.477 e. The van der Waals surface area contributed by atoms with Gasteiger partial charge in [0.2, 0.25) is 0 Å². The molecule has 0 aromatic rings. The number of unbranched alkanes of at least 4 members (excludes halogenated alkanes) is 18. The number of hydrogen-bond acceptors (Lipinski definition) is 6. The van der Waals surface area contributed by atoms with Gasteiger partial charge >= 0.3 is 17.9 Å². The van der Waals surface area contributed by atoms with Crippen LogP contribution in [0.15, 0.2) is 48.6 Å². The summed E-state index contributed by atoms with van der Waals surface area (Å²) in [7, 11) is 5.52. The molecule has 0 aromatic heterocycles. The van der Waals surface area contributed by atoms with Gasteiger partial charge in [-0.3, -0.25) is 9.59 Å². The quantitative estimate of drug-likeness (QED) is 0.0286. The van der Waals surface area contributed by atoms with Crippen molar-refractivity contribution in [1.29, 1.82) is 0 Å². The van der Waals surface area contributed by atoms with Crippen LogP contribution in [-0.2, 0) is 28.6 Å². The van der Waals surface area contributed by atoms with Crippen LogP contribution in [0.5, 0.6) is 0 Å². The van der Waals surface area contributed by atoms with E-state index in [0.29, 0.717) is 19.3 Å². The molecule has 2 unspecified atom stereocenters. The predicted molar refractivity (Wildman–Crippen MR) is 234 cm³/mol. The molecule has 324 valence electrons. The molecule has 8 nitrogen and oxygen atoms in total. The number of esters is 2. The van der Waals surface area contributed by atoms with Crippen molar-refractivity contribution in [1.82, 2.24) is 0 Å². The van der Waals surface area contributed by atoms with Gasteiger partial charge in [0.05, 0.1) is 34.4 Å². The number of carboxylic acids is 1. The Hall–Kier alpha value is -2.71. The van der Waals surface area contributed by atoms with Crippen molar-refractivity contribution in [3.05, 3.63) is 48.6 Å². The van der Waals surface area contributed by atoms with Crippen molar-refractivity contribution in [2.24, 2.45) is 0 Å². The average molecular weight is 789 g/mol. The van der Waals surface area contributed by atoms with Crippen molar-refractivity contribution in [3.8, 4) is 0 Å². The smallest absolute Gasteiger partial charge is 0.362 e. The van der Waals surface area contributed by atoms with Crippen LogP contribution in [0.2, 0.25) is 0 Å². The third kappa shape index (κ3) is 36.9. The number of ether oxygens (including phenoxy) is 3. The molecule has 8 heteroatoms. The second-order valence-corrected chi connectivity index (χ2v) is 16.3. The number of rotatable bonds is 40. The van der Waals surface area contributed by atoms with Crippen LogP contribution in [0.3, 0.4) is 0 Å². The summed E-state index contributed by atoms with van der Waals surface area (Å²) in [6.07, 6.45) is 45.8. The summed E-state index contributed by atoms with van der Waals surface area (Å²) in [5.74, 6) is -1.49. The highest BCUT2D eigenvalue weighted by molar-refractivity contribution is 5.72. The van der Waals surface area contributed by atoms with E-state index in [1.807, 2.05) is 21.1 Å². The normalized spacial score (nSPS) is 13.4. The highest BCUT2D eigenvalue weighted by Crippen LogP contribution is 2.14. The fourth-order valence-corrected chi connectivity index (χ4v) is 6.45. The summed E-state index contributed by atoms with van der Waals surface area (Å²) >= 11 is 0. The highest BCUT2D eigenvalue weighted by Gasteiger charge is 2.31. The van der Waals surface area contributed by atoms with Gasteiger partial charge in [-0.25, -0.2) is 4.79 Å². The van der Waals surface area contributed by atoms with Gasteiger partial charge in [-0.05, 0) is 70.6 Å². The van der Waals surface area contributed by atoms with Crippen LogP contribution in [0.4, 0.5) is 0 Å². The fourth-order valence-electron chi connectivity index (χ4n) is 6.45. The molecule has 0 saturated carbocycles. The Morgan fingerprint density at radius 3 is 1.52 bits per heavy atom. The van der Waals surface area contributed by atoms with E-state index < -0.39 is 18.1 Å². The maximum atomic E-state index is 12.7. The summed E-state index contributed by atoms with van der Waals surface area (Å²) in [6, 6.07) is -0.618. The number of carbonyl (C=O) groups excluding carboxylic acids is 2. The predicted octanol–water partition coefficient (Wildman–Crippen LogP) is 12.4. The van der Waals surface area contributed by atoms with Gasteiger partial charge in [0.1, 0.15) is 6.61 Å². The number of hydrogen-bond donors (Lipinski definition) is 1. The van der Waals surface area contributed by atoms with Gasteiger partial charge in [-0.15, -0.1) is 0 Å². The van der Waals surface area contributed by atoms with Crippen LogP contribution < -0.4 is 0 Å². The number of quaternary nitrogens is 1. The molecule has 0 saturated heterocycles. The zero-order valence-electron chi connectivity index (χ0n) is 36.8. The molecule has 0 amide bonds. The van der Waals surface area contributed by atoms with Crippen LogP contribution >= 0.6 is 0 Å². The lowest BCUT2D eigenvalue weighted by Gasteiger charge is -2.31. The van der Waals surface area contributed by atoms with E-state index in [1.165, 1.54) is 77.0 Å². The first-order chi connectivity index (χ1) is 27.1. The Balaban J connectivity index is 4.33. The molecular weight excluding hydrogens is 703 g/mol. The Morgan fingerprint density at radius 1 is 0.554 bits per heavy atom. The molecule has 0 aliphatic carbocycles. The van der Waals surface area contributed by atoms with Gasteiger partial charge < -0.3 is 23.8 Å². The maximum absolute atomic E-state index is 12.7. The van der Waals surface area contributed by atoms with Crippen LogP contribution in [-0.4, -0.2) is 80.6 Å². The lowest BCUT2D eigenvalue weighted by molar-refractivity contribution is -0.887. The molecular formula is C48H86NO7+. The lowest BCUT2D eigenvalue weighted by Crippen LogP contribution is -2.50. The van der Waals surface area contributed by atoms with E-state index in [9.17, 15) is 19.5 Å². The molecule has 0 heterocycles. The summed E-state index contributed by atoms with van der Waals surface area (Å²) in [6.45, 7) is 4.60. The average Bonchev–Trinajstić information content (AvgIpc) is 3.15. The topological polar surface area (TPSA) is 99.1 Å². The molecule has 0 spiro atoms. The van der Waals surface area contributed by atoms with Crippen molar-refractivity contribution >= 4 is 17.9 Å². The molecule has 0 bridgehead atoms. The second kappa shape index (κ2) is 39.1. The Labute approximate surface area is 344 Å². The molecule has 0 fully saturated rings. The SMILES string of the molecule is CC/C=C/C/C=C/C/C=C/CCCCCCCCCCCC(=O)OC(COCCC(C(=O)O)[N+](C)(C)C)COC(=O)CCCCC/C=C/CCCCCCCC. The lowest BCUT2D eigenvalue weighted by atomic mass is 10.1. The monoisotopic (exact) mass is 789 g/mol. The summed E-state index contributed by atoms with van der Waals surface area (Å²) in [4.78, 5) is 37.0. The number of likely N-dealkylation sites (N-methyl/N-ethyl adjacent to an activating group) is 1. The third-order valence-corrected chi connectivity index (χ3v) is 9.96. The largest absolute Gasteiger partial charge is 0.477 e. The van der Waals surface area contributed by atoms with E-state index in [2.05, 4.69) is 62.5 Å². The molecule has 0 aromatic carbocycles. The van der Waals surface area contributed by atoms with Crippen LogP contribution in [0.25, 0.3) is 0 Å². The van der Waals surface area contributed by atoms with Crippen molar-refractivity contribution in [3.63, 3.8) is 0 Å². The minimum absolute atomic E-state index is 0.0540. The van der Waals surface area contributed by atoms with Gasteiger partial charge in [-0.1, -0.05) is 146 Å². The first kappa shape index (κ1) is 53.3. The van der Waals surface area contributed by atoms with Gasteiger partial charge in [0.15, 0.2) is 12.1 Å². The molecule has 0 aliphatic heterocycles. The van der Waals surface area contributed by atoms with Crippen LogP contribution in [0.1, 0.15) is 187 Å². The standard InChI is InChI=1S/C48H85NO7/c1-6-8-10-12-14-16-18-20-21-22-23-24-25-27-29-31-33-35-37-39-47(51)56-44(42-54-41-40-45(48(52)53)49(3,4)5)43-55-46(50)38-36-34-32-30-28-26-19-17-15-13-11-9-7-2/h8,10,14,16,20-21,26,28,44-45H,6-7,9,11-13,15,17-19,22-25,27,29-43H2,1-5H3/p+1/b10-8+,16-14+,21-20+,28-26+. The third-order valence-electron chi connectivity index (χ3n) is 9.96. The molecule has 0 aliphatic rings. The molecule has 0 rings (SSSR count). The highest BCUT2D eigenvalue weighted by atomic mass is 16.6. The van der Waals surface area contributed by atoms with Crippen molar-refractivity contribution in [2.75, 3.05) is 41.0 Å². The summed E-state index contributed by atoms with van der Waals surface area (Å²) in [5.41, 5.74) is 0. The minimum atomic E-state index is -0.879. The van der Waals surface area contributed by atoms with E-state index in [-0.39, 0.29) is 36.2 Å². The van der Waals surface area contributed by atoms with Crippen molar-refractivity contribution < 1.29 is 38.2 Å². The van der Waals surface area contributed by atoms with Crippen LogP contribution in [0, 0.1) is 0 Å². The Morgan fingerprint density at radius 2 is 1.00 bits per heavy atom. The number of carboxylic acid groups (broad SMARTS) is 1. The Kier molecular flexibility index (Phi) is 37.2. The first-order valence-electron chi connectivity index (χ1n) is 22.7. The van der Waals surface area contributed by atoms with E-state index in [1.54, 1.807) is 0 Å². The first-order valence-corrected chi connectivity index (χ1v) is 22.7. The van der Waals surface area contributed by atoms with E-state index in [4.69, 9.17) is 14.2 Å². The fraction of sp³-hybridized carbons (Fsp3) is 0.771. The zero-order valence-corrected chi connectivity index (χ0v) is 36.8. The second-order valence-electron chi connectivity index (χ2n) is 16.3. The number of aliphatic carboxylic acids is 1.